The van der Waals surface area contributed by atoms with E-state index >= 15 is 0 Å². The smallest absolute Gasteiger partial charge is 0.0704 e. The summed E-state index contributed by atoms with van der Waals surface area (Å²) in [5.74, 6) is 0.682. The monoisotopic (exact) mass is 225 g/mol. The average molecular weight is 225 g/mol. The van der Waals surface area contributed by atoms with E-state index in [4.69, 9.17) is 0 Å². The number of aromatic nitrogens is 1. The minimum absolute atomic E-state index is 0.682. The predicted molar refractivity (Wildman–Crippen MR) is 73.0 cm³/mol. The van der Waals surface area contributed by atoms with Crippen molar-refractivity contribution in [1.82, 2.24) is 4.98 Å². The normalized spacial score (nSPS) is 10.8. The maximum atomic E-state index is 4.56. The van der Waals surface area contributed by atoms with Crippen molar-refractivity contribution in [2.45, 2.75) is 27.2 Å². The maximum absolute atomic E-state index is 4.56. The second-order valence-electron chi connectivity index (χ2n) is 4.96. The SMILES string of the molecule is Cc1ccccc1-c1ccc(CC(C)C)cn1. The summed E-state index contributed by atoms with van der Waals surface area (Å²) in [6.07, 6.45) is 3.10. The zero-order valence-corrected chi connectivity index (χ0v) is 10.8. The topological polar surface area (TPSA) is 12.9 Å². The number of benzene rings is 1. The van der Waals surface area contributed by atoms with Crippen LogP contribution in [0.1, 0.15) is 25.0 Å². The van der Waals surface area contributed by atoms with Crippen LogP contribution in [-0.2, 0) is 6.42 Å². The van der Waals surface area contributed by atoms with Crippen LogP contribution in [-0.4, -0.2) is 4.98 Å². The molecule has 1 heterocycles. The molecule has 0 amide bonds. The van der Waals surface area contributed by atoms with Gasteiger partial charge in [-0.15, -0.1) is 0 Å². The first-order chi connectivity index (χ1) is 8.16. The van der Waals surface area contributed by atoms with Crippen molar-refractivity contribution >= 4 is 0 Å². The molecule has 1 aromatic carbocycles. The predicted octanol–water partition coefficient (Wildman–Crippen LogP) is 4.26. The Bertz CT molecular complexity index is 483. The van der Waals surface area contributed by atoms with Crippen molar-refractivity contribution in [1.29, 1.82) is 0 Å². The molecule has 1 heteroatoms. The highest BCUT2D eigenvalue weighted by Crippen LogP contribution is 2.21. The molecule has 88 valence electrons. The fraction of sp³-hybridized carbons (Fsp3) is 0.312. The van der Waals surface area contributed by atoms with Gasteiger partial charge in [0.1, 0.15) is 0 Å². The van der Waals surface area contributed by atoms with Gasteiger partial charge in [0, 0.05) is 11.8 Å². The van der Waals surface area contributed by atoms with Gasteiger partial charge in [-0.05, 0) is 36.5 Å². The van der Waals surface area contributed by atoms with E-state index in [2.05, 4.69) is 62.2 Å². The summed E-state index contributed by atoms with van der Waals surface area (Å²) in [5, 5.41) is 0. The number of hydrogen-bond acceptors (Lipinski definition) is 1. The third-order valence-electron chi connectivity index (χ3n) is 2.89. The second-order valence-corrected chi connectivity index (χ2v) is 4.96. The van der Waals surface area contributed by atoms with Crippen molar-refractivity contribution in [3.8, 4) is 11.3 Å². The van der Waals surface area contributed by atoms with Gasteiger partial charge in [-0.3, -0.25) is 4.98 Å². The summed E-state index contributed by atoms with van der Waals surface area (Å²) in [5.41, 5.74) is 4.88. The largest absolute Gasteiger partial charge is 0.256 e. The number of aryl methyl sites for hydroxylation is 1. The van der Waals surface area contributed by atoms with Crippen LogP contribution in [0.4, 0.5) is 0 Å². The van der Waals surface area contributed by atoms with E-state index in [0.717, 1.165) is 12.1 Å². The highest BCUT2D eigenvalue weighted by Gasteiger charge is 2.03. The van der Waals surface area contributed by atoms with Crippen LogP contribution in [0.3, 0.4) is 0 Å². The van der Waals surface area contributed by atoms with E-state index < -0.39 is 0 Å². The fourth-order valence-corrected chi connectivity index (χ4v) is 2.04. The van der Waals surface area contributed by atoms with Crippen molar-refractivity contribution in [3.05, 3.63) is 53.7 Å². The molecule has 0 atom stereocenters. The molecule has 0 aliphatic heterocycles. The summed E-state index contributed by atoms with van der Waals surface area (Å²) in [7, 11) is 0. The molecule has 0 radical (unpaired) electrons. The zero-order chi connectivity index (χ0) is 12.3. The Balaban J connectivity index is 2.27. The fourth-order valence-electron chi connectivity index (χ4n) is 2.04. The molecule has 0 fully saturated rings. The maximum Gasteiger partial charge on any atom is 0.0704 e. The Labute approximate surface area is 104 Å². The Morgan fingerprint density at radius 2 is 1.82 bits per heavy atom. The summed E-state index contributed by atoms with van der Waals surface area (Å²) < 4.78 is 0. The van der Waals surface area contributed by atoms with Gasteiger partial charge in [-0.2, -0.15) is 0 Å². The molecule has 0 saturated heterocycles. The first-order valence-corrected chi connectivity index (χ1v) is 6.18. The van der Waals surface area contributed by atoms with Gasteiger partial charge < -0.3 is 0 Å². The van der Waals surface area contributed by atoms with Crippen LogP contribution < -0.4 is 0 Å². The quantitative estimate of drug-likeness (QED) is 0.760. The lowest BCUT2D eigenvalue weighted by atomic mass is 10.0. The van der Waals surface area contributed by atoms with E-state index in [0.29, 0.717) is 5.92 Å². The highest BCUT2D eigenvalue weighted by atomic mass is 14.7. The van der Waals surface area contributed by atoms with Crippen LogP contribution in [0.15, 0.2) is 42.6 Å². The number of nitrogens with zero attached hydrogens (tertiary/aromatic N) is 1. The Kier molecular flexibility index (Phi) is 3.58. The standard InChI is InChI=1S/C16H19N/c1-12(2)10-14-8-9-16(17-11-14)15-7-5-4-6-13(15)3/h4-9,11-12H,10H2,1-3H3. The van der Waals surface area contributed by atoms with Crippen molar-refractivity contribution in [2.75, 3.05) is 0 Å². The van der Waals surface area contributed by atoms with Crippen LogP contribution in [0, 0.1) is 12.8 Å². The molecule has 0 N–H and O–H groups in total. The second kappa shape index (κ2) is 5.13. The number of pyridine rings is 1. The first kappa shape index (κ1) is 11.8. The zero-order valence-electron chi connectivity index (χ0n) is 10.8. The lowest BCUT2D eigenvalue weighted by Gasteiger charge is -2.07. The molecule has 1 aromatic heterocycles. The summed E-state index contributed by atoms with van der Waals surface area (Å²) in [6, 6.07) is 12.7. The van der Waals surface area contributed by atoms with Gasteiger partial charge in [0.2, 0.25) is 0 Å². The third kappa shape index (κ3) is 2.94. The molecule has 2 aromatic rings. The van der Waals surface area contributed by atoms with Crippen LogP contribution in [0.5, 0.6) is 0 Å². The first-order valence-electron chi connectivity index (χ1n) is 6.18. The molecular formula is C16H19N. The van der Waals surface area contributed by atoms with Crippen molar-refractivity contribution < 1.29 is 0 Å². The summed E-state index contributed by atoms with van der Waals surface area (Å²) in [4.78, 5) is 4.56. The van der Waals surface area contributed by atoms with E-state index in [9.17, 15) is 0 Å². The van der Waals surface area contributed by atoms with E-state index in [-0.39, 0.29) is 0 Å². The average Bonchev–Trinajstić information content (AvgIpc) is 2.30. The molecule has 0 bridgehead atoms. The molecule has 0 unspecified atom stereocenters. The van der Waals surface area contributed by atoms with E-state index in [1.165, 1.54) is 16.7 Å². The molecule has 0 aliphatic rings. The van der Waals surface area contributed by atoms with E-state index in [1.54, 1.807) is 0 Å². The molecule has 1 nitrogen and oxygen atoms in total. The number of rotatable bonds is 3. The van der Waals surface area contributed by atoms with E-state index in [1.807, 2.05) is 6.20 Å². The molecule has 2 rings (SSSR count). The van der Waals surface area contributed by atoms with Gasteiger partial charge in [0.15, 0.2) is 0 Å². The molecule has 0 spiro atoms. The Hall–Kier alpha value is -1.63. The van der Waals surface area contributed by atoms with Crippen LogP contribution in [0.25, 0.3) is 11.3 Å². The van der Waals surface area contributed by atoms with Crippen molar-refractivity contribution in [3.63, 3.8) is 0 Å². The van der Waals surface area contributed by atoms with Gasteiger partial charge in [-0.25, -0.2) is 0 Å². The molecule has 0 saturated carbocycles. The lowest BCUT2D eigenvalue weighted by molar-refractivity contribution is 0.646. The Morgan fingerprint density at radius 1 is 1.06 bits per heavy atom. The Morgan fingerprint density at radius 3 is 2.41 bits per heavy atom. The molecule has 17 heavy (non-hydrogen) atoms. The number of hydrogen-bond donors (Lipinski definition) is 0. The van der Waals surface area contributed by atoms with Gasteiger partial charge >= 0.3 is 0 Å². The molecular weight excluding hydrogens is 206 g/mol. The minimum atomic E-state index is 0.682. The molecule has 0 aliphatic carbocycles. The van der Waals surface area contributed by atoms with Crippen LogP contribution >= 0.6 is 0 Å². The highest BCUT2D eigenvalue weighted by molar-refractivity contribution is 5.63. The summed E-state index contributed by atoms with van der Waals surface area (Å²) >= 11 is 0. The lowest BCUT2D eigenvalue weighted by Crippen LogP contribution is -1.95. The minimum Gasteiger partial charge on any atom is -0.256 e. The van der Waals surface area contributed by atoms with Gasteiger partial charge in [-0.1, -0.05) is 44.2 Å². The van der Waals surface area contributed by atoms with Crippen LogP contribution in [0.2, 0.25) is 0 Å². The van der Waals surface area contributed by atoms with Crippen molar-refractivity contribution in [2.24, 2.45) is 5.92 Å². The van der Waals surface area contributed by atoms with Gasteiger partial charge in [0.25, 0.3) is 0 Å². The summed E-state index contributed by atoms with van der Waals surface area (Å²) in [6.45, 7) is 6.59. The third-order valence-corrected chi connectivity index (χ3v) is 2.89. The van der Waals surface area contributed by atoms with Gasteiger partial charge in [0.05, 0.1) is 5.69 Å².